The number of fused-ring (bicyclic) bond motifs is 1. The molecule has 1 aromatic heterocycles. The zero-order valence-electron chi connectivity index (χ0n) is 20.0. The first-order valence-corrected chi connectivity index (χ1v) is 13.3. The number of nitrogens with zero attached hydrogens (tertiary/aromatic N) is 2. The van der Waals surface area contributed by atoms with E-state index in [-0.39, 0.29) is 18.2 Å². The molecule has 0 aliphatic carbocycles. The fourth-order valence-electron chi connectivity index (χ4n) is 4.86. The van der Waals surface area contributed by atoms with E-state index < -0.39 is 18.1 Å². The number of carboxylic acid groups (broad SMARTS) is 1. The first-order valence-electron chi connectivity index (χ1n) is 11.9. The number of ether oxygens (including phenoxy) is 1. The van der Waals surface area contributed by atoms with Crippen molar-refractivity contribution < 1.29 is 23.4 Å². The summed E-state index contributed by atoms with van der Waals surface area (Å²) in [6, 6.07) is 11.5. The van der Waals surface area contributed by atoms with Gasteiger partial charge in [-0.05, 0) is 79.8 Å². The van der Waals surface area contributed by atoms with Crippen LogP contribution in [0.4, 0.5) is 8.78 Å². The molecule has 9 heteroatoms. The molecule has 1 aliphatic rings. The zero-order valence-corrected chi connectivity index (χ0v) is 21.6. The Morgan fingerprint density at radius 2 is 2.14 bits per heavy atom. The molecule has 0 radical (unpaired) electrons. The summed E-state index contributed by atoms with van der Waals surface area (Å²) in [7, 11) is 1.57. The molecule has 3 atom stereocenters. The largest absolute Gasteiger partial charge is 0.497 e. The number of carbonyl (C=O) groups is 1. The number of aromatic nitrogens is 1. The highest BCUT2D eigenvalue weighted by Crippen LogP contribution is 2.35. The van der Waals surface area contributed by atoms with E-state index in [1.165, 1.54) is 23.9 Å². The van der Waals surface area contributed by atoms with Crippen LogP contribution < -0.4 is 4.74 Å². The van der Waals surface area contributed by atoms with Gasteiger partial charge in [-0.1, -0.05) is 11.6 Å². The van der Waals surface area contributed by atoms with Crippen molar-refractivity contribution in [3.63, 3.8) is 0 Å². The van der Waals surface area contributed by atoms with Crippen molar-refractivity contribution in [2.24, 2.45) is 11.8 Å². The van der Waals surface area contributed by atoms with Crippen LogP contribution in [0.3, 0.4) is 0 Å². The second-order valence-corrected chi connectivity index (χ2v) is 10.7. The number of hydrogen-bond acceptors (Lipinski definition) is 5. The minimum atomic E-state index is -1.22. The fraction of sp³-hybridized carbons (Fsp3) is 0.407. The van der Waals surface area contributed by atoms with Crippen LogP contribution in [0.25, 0.3) is 10.9 Å². The monoisotopic (exact) mass is 534 g/mol. The Bertz CT molecular complexity index is 1190. The molecule has 3 aromatic rings. The van der Waals surface area contributed by atoms with Crippen LogP contribution in [0.2, 0.25) is 5.02 Å². The summed E-state index contributed by atoms with van der Waals surface area (Å²) in [6.07, 6.45) is 1.83. The fourth-order valence-corrected chi connectivity index (χ4v) is 6.14. The molecule has 1 saturated heterocycles. The molecular formula is C27H29ClF2N2O3S. The van der Waals surface area contributed by atoms with E-state index in [1.54, 1.807) is 37.6 Å². The van der Waals surface area contributed by atoms with Crippen molar-refractivity contribution in [3.8, 4) is 5.75 Å². The molecule has 36 heavy (non-hydrogen) atoms. The van der Waals surface area contributed by atoms with Gasteiger partial charge in [-0.25, -0.2) is 8.78 Å². The quantitative estimate of drug-likeness (QED) is 0.294. The molecule has 0 unspecified atom stereocenters. The van der Waals surface area contributed by atoms with Crippen LogP contribution in [0.1, 0.15) is 31.0 Å². The van der Waals surface area contributed by atoms with Crippen molar-refractivity contribution in [3.05, 3.63) is 65.1 Å². The molecule has 0 spiro atoms. The average molecular weight is 535 g/mol. The van der Waals surface area contributed by atoms with E-state index in [0.717, 1.165) is 11.4 Å². The predicted octanol–water partition coefficient (Wildman–Crippen LogP) is 6.64. The molecular weight excluding hydrogens is 506 g/mol. The lowest BCUT2D eigenvalue weighted by molar-refractivity contribution is -0.146. The number of methoxy groups -OCH3 is 1. The van der Waals surface area contributed by atoms with Crippen molar-refractivity contribution in [1.29, 1.82) is 0 Å². The topological polar surface area (TPSA) is 62.7 Å². The Kier molecular flexibility index (Phi) is 9.04. The SMILES string of the molecule is COc1ccc2nccc([C@H](F)CC[C@@H]3CCN(CCSc4cc(F)cc(Cl)c4)C[C@@H]3C(=O)O)c2c1. The second kappa shape index (κ2) is 12.2. The van der Waals surface area contributed by atoms with E-state index in [9.17, 15) is 14.3 Å². The molecule has 5 nitrogen and oxygen atoms in total. The van der Waals surface area contributed by atoms with Gasteiger partial charge in [0.15, 0.2) is 0 Å². The predicted molar refractivity (Wildman–Crippen MR) is 139 cm³/mol. The number of carboxylic acids is 1. The van der Waals surface area contributed by atoms with E-state index in [1.807, 2.05) is 6.07 Å². The zero-order chi connectivity index (χ0) is 25.7. The number of halogens is 3. The van der Waals surface area contributed by atoms with Crippen LogP contribution in [-0.2, 0) is 4.79 Å². The molecule has 2 heterocycles. The van der Waals surface area contributed by atoms with Gasteiger partial charge in [0, 0.05) is 40.3 Å². The van der Waals surface area contributed by atoms with Crippen LogP contribution in [-0.4, -0.2) is 53.5 Å². The number of benzene rings is 2. The summed E-state index contributed by atoms with van der Waals surface area (Å²) in [5.74, 6) is -0.517. The van der Waals surface area contributed by atoms with Gasteiger partial charge in [-0.3, -0.25) is 9.78 Å². The van der Waals surface area contributed by atoms with Crippen molar-refractivity contribution >= 4 is 40.2 Å². The molecule has 1 fully saturated rings. The molecule has 0 amide bonds. The van der Waals surface area contributed by atoms with Gasteiger partial charge < -0.3 is 14.7 Å². The lowest BCUT2D eigenvalue weighted by Gasteiger charge is -2.36. The summed E-state index contributed by atoms with van der Waals surface area (Å²) >= 11 is 7.41. The third kappa shape index (κ3) is 6.66. The number of piperidine rings is 1. The molecule has 0 bridgehead atoms. The Morgan fingerprint density at radius 3 is 2.89 bits per heavy atom. The Balaban J connectivity index is 1.33. The molecule has 4 rings (SSSR count). The summed E-state index contributed by atoms with van der Waals surface area (Å²) < 4.78 is 34.2. The molecule has 0 saturated carbocycles. The lowest BCUT2D eigenvalue weighted by atomic mass is 9.81. The first kappa shape index (κ1) is 26.6. The van der Waals surface area contributed by atoms with E-state index in [0.29, 0.717) is 58.9 Å². The Hall–Kier alpha value is -2.42. The number of likely N-dealkylation sites (tertiary alicyclic amines) is 1. The number of hydrogen-bond donors (Lipinski definition) is 1. The highest BCUT2D eigenvalue weighted by atomic mass is 35.5. The summed E-state index contributed by atoms with van der Waals surface area (Å²) in [4.78, 5) is 19.2. The van der Waals surface area contributed by atoms with E-state index in [2.05, 4.69) is 9.88 Å². The van der Waals surface area contributed by atoms with Crippen LogP contribution >= 0.6 is 23.4 Å². The maximum absolute atomic E-state index is 15.4. The molecule has 1 N–H and O–H groups in total. The number of aliphatic carboxylic acids is 1. The van der Waals surface area contributed by atoms with Crippen molar-refractivity contribution in [1.82, 2.24) is 9.88 Å². The highest BCUT2D eigenvalue weighted by Gasteiger charge is 2.34. The smallest absolute Gasteiger partial charge is 0.308 e. The van der Waals surface area contributed by atoms with Crippen LogP contribution in [0, 0.1) is 17.7 Å². The van der Waals surface area contributed by atoms with Gasteiger partial charge in [-0.15, -0.1) is 11.8 Å². The van der Waals surface area contributed by atoms with Gasteiger partial charge in [0.1, 0.15) is 17.7 Å². The van der Waals surface area contributed by atoms with E-state index >= 15 is 4.39 Å². The number of thioether (sulfide) groups is 1. The van der Waals surface area contributed by atoms with Crippen molar-refractivity contribution in [2.45, 2.75) is 30.3 Å². The Labute approximate surface area is 218 Å². The lowest BCUT2D eigenvalue weighted by Crippen LogP contribution is -2.44. The number of alkyl halides is 1. The van der Waals surface area contributed by atoms with Gasteiger partial charge in [0.2, 0.25) is 0 Å². The van der Waals surface area contributed by atoms with Gasteiger partial charge >= 0.3 is 5.97 Å². The Morgan fingerprint density at radius 1 is 1.31 bits per heavy atom. The minimum absolute atomic E-state index is 0.0886. The maximum atomic E-state index is 15.4. The number of pyridine rings is 1. The first-order chi connectivity index (χ1) is 17.3. The highest BCUT2D eigenvalue weighted by molar-refractivity contribution is 7.99. The van der Waals surface area contributed by atoms with Crippen LogP contribution in [0.15, 0.2) is 53.6 Å². The second-order valence-electron chi connectivity index (χ2n) is 9.08. The summed E-state index contributed by atoms with van der Waals surface area (Å²) in [6.45, 7) is 1.87. The van der Waals surface area contributed by atoms with Gasteiger partial charge in [-0.2, -0.15) is 0 Å². The molecule has 192 valence electrons. The third-order valence-corrected chi connectivity index (χ3v) is 7.95. The standard InChI is InChI=1S/C27H29ClF2N2O3S/c1-35-20-3-5-26-23(15-20)22(6-8-31-26)25(30)4-2-17-7-9-32(16-24(17)27(33)34)10-11-36-21-13-18(28)12-19(29)14-21/h3,5-6,8,12-15,17,24-25H,2,4,7,9-11,16H2,1H3,(H,33,34)/t17-,24+,25-/m1/s1. The van der Waals surface area contributed by atoms with E-state index in [4.69, 9.17) is 16.3 Å². The van der Waals surface area contributed by atoms with Crippen LogP contribution in [0.5, 0.6) is 5.75 Å². The van der Waals surface area contributed by atoms with Gasteiger partial charge in [0.25, 0.3) is 0 Å². The molecule has 2 aromatic carbocycles. The summed E-state index contributed by atoms with van der Waals surface area (Å²) in [5.41, 5.74) is 1.25. The third-order valence-electron chi connectivity index (χ3n) is 6.78. The minimum Gasteiger partial charge on any atom is -0.497 e. The molecule has 1 aliphatic heterocycles. The van der Waals surface area contributed by atoms with Gasteiger partial charge in [0.05, 0.1) is 18.5 Å². The summed E-state index contributed by atoms with van der Waals surface area (Å²) in [5, 5.41) is 10.9. The average Bonchev–Trinajstić information content (AvgIpc) is 2.86. The van der Waals surface area contributed by atoms with Crippen molar-refractivity contribution in [2.75, 3.05) is 32.5 Å². The maximum Gasteiger partial charge on any atom is 0.308 e. The number of rotatable bonds is 10. The normalized spacial score (nSPS) is 19.3.